The van der Waals surface area contributed by atoms with Crippen LogP contribution in [0.5, 0.6) is 0 Å². The van der Waals surface area contributed by atoms with Crippen molar-refractivity contribution >= 4 is 11.8 Å². The molecule has 3 fully saturated rings. The minimum Gasteiger partial charge on any atom is -0.472 e. The van der Waals surface area contributed by atoms with Gasteiger partial charge in [-0.1, -0.05) is 25.5 Å². The van der Waals surface area contributed by atoms with E-state index in [1.165, 1.54) is 37.0 Å². The maximum atomic E-state index is 12.3. The van der Waals surface area contributed by atoms with Crippen LogP contribution >= 0.6 is 11.8 Å². The number of hydrogen-bond acceptors (Lipinski definition) is 4. The molecule has 7 atom stereocenters. The smallest absolute Gasteiger partial charge is 0.0937 e. The fourth-order valence-electron chi connectivity index (χ4n) is 8.12. The van der Waals surface area contributed by atoms with E-state index in [0.29, 0.717) is 28.4 Å². The summed E-state index contributed by atoms with van der Waals surface area (Å²) in [5.74, 6) is 2.69. The predicted octanol–water partition coefficient (Wildman–Crippen LogP) is 5.89. The van der Waals surface area contributed by atoms with Crippen molar-refractivity contribution in [1.29, 1.82) is 0 Å². The van der Waals surface area contributed by atoms with E-state index < -0.39 is 5.60 Å². The Bertz CT molecular complexity index is 791. The Labute approximate surface area is 186 Å². The zero-order valence-electron chi connectivity index (χ0n) is 18.7. The molecule has 1 aromatic rings. The number of allylic oxidation sites excluding steroid dienone is 1. The van der Waals surface area contributed by atoms with Crippen LogP contribution in [-0.2, 0) is 0 Å². The Hall–Kier alpha value is -0.710. The molecule has 0 amide bonds. The van der Waals surface area contributed by atoms with E-state index >= 15 is 0 Å². The number of furan rings is 1. The average Bonchev–Trinajstić information content (AvgIpc) is 3.34. The van der Waals surface area contributed by atoms with Gasteiger partial charge >= 0.3 is 0 Å². The number of nitrogens with two attached hydrogens (primary N) is 1. The highest BCUT2D eigenvalue weighted by molar-refractivity contribution is 8.00. The number of aliphatic hydroxyl groups is 1. The van der Waals surface area contributed by atoms with Crippen molar-refractivity contribution in [3.63, 3.8) is 0 Å². The molecule has 166 valence electrons. The van der Waals surface area contributed by atoms with E-state index in [9.17, 15) is 5.11 Å². The molecule has 1 aromatic heterocycles. The summed E-state index contributed by atoms with van der Waals surface area (Å²) >= 11 is 2.10. The van der Waals surface area contributed by atoms with Gasteiger partial charge in [0, 0.05) is 10.7 Å². The van der Waals surface area contributed by atoms with Gasteiger partial charge in [-0.3, -0.25) is 0 Å². The second-order valence-corrected chi connectivity index (χ2v) is 12.3. The molecular weight excluding hydrogens is 390 g/mol. The van der Waals surface area contributed by atoms with E-state index in [2.05, 4.69) is 37.8 Å². The molecule has 0 spiro atoms. The van der Waals surface area contributed by atoms with Gasteiger partial charge in [-0.25, -0.2) is 0 Å². The predicted molar refractivity (Wildman–Crippen MR) is 125 cm³/mol. The van der Waals surface area contributed by atoms with Crippen LogP contribution in [0.4, 0.5) is 0 Å². The Morgan fingerprint density at radius 1 is 1.13 bits per heavy atom. The van der Waals surface area contributed by atoms with Crippen LogP contribution in [0.1, 0.15) is 83.1 Å². The van der Waals surface area contributed by atoms with Crippen molar-refractivity contribution < 1.29 is 9.52 Å². The van der Waals surface area contributed by atoms with Crippen molar-refractivity contribution in [2.75, 3.05) is 12.3 Å². The number of hydrogen-bond donors (Lipinski definition) is 2. The minimum atomic E-state index is -0.529. The largest absolute Gasteiger partial charge is 0.472 e. The summed E-state index contributed by atoms with van der Waals surface area (Å²) in [6, 6.07) is 2.13. The SMILES string of the molecule is C[C@]12CCC(SCCCN)C=C1CC[C@@H]1[C@H]2CC[C@]2(C)C(c3ccoc3)CC[C@@]12O. The normalized spacial score (nSPS) is 45.4. The lowest BCUT2D eigenvalue weighted by Crippen LogP contribution is -2.60. The summed E-state index contributed by atoms with van der Waals surface area (Å²) in [5, 5.41) is 12.9. The Balaban J connectivity index is 1.39. The molecule has 1 heterocycles. The second-order valence-electron chi connectivity index (χ2n) is 11.0. The maximum absolute atomic E-state index is 12.3. The lowest BCUT2D eigenvalue weighted by molar-refractivity contribution is -0.177. The highest BCUT2D eigenvalue weighted by Crippen LogP contribution is 2.70. The van der Waals surface area contributed by atoms with E-state index in [4.69, 9.17) is 10.2 Å². The second kappa shape index (κ2) is 7.71. The monoisotopic (exact) mass is 429 g/mol. The third kappa shape index (κ3) is 3.00. The van der Waals surface area contributed by atoms with Crippen LogP contribution in [0.2, 0.25) is 0 Å². The van der Waals surface area contributed by atoms with Crippen LogP contribution in [0.25, 0.3) is 0 Å². The minimum absolute atomic E-state index is 0.0229. The first-order chi connectivity index (χ1) is 14.4. The fraction of sp³-hybridized carbons (Fsp3) is 0.769. The first kappa shape index (κ1) is 21.2. The van der Waals surface area contributed by atoms with E-state index in [1.807, 2.05) is 6.26 Å². The molecule has 0 saturated heterocycles. The molecule has 3 nitrogen and oxygen atoms in total. The molecular formula is C26H39NO2S. The first-order valence-electron chi connectivity index (χ1n) is 12.2. The molecule has 5 rings (SSSR count). The number of thioether (sulfide) groups is 1. The van der Waals surface area contributed by atoms with Crippen molar-refractivity contribution in [3.8, 4) is 0 Å². The maximum Gasteiger partial charge on any atom is 0.0937 e. The number of rotatable bonds is 5. The van der Waals surface area contributed by atoms with Crippen LogP contribution in [0.15, 0.2) is 34.7 Å². The lowest BCUT2D eigenvalue weighted by Gasteiger charge is -2.62. The Kier molecular flexibility index (Phi) is 5.43. The van der Waals surface area contributed by atoms with Gasteiger partial charge in [-0.15, -0.1) is 0 Å². The van der Waals surface area contributed by atoms with Gasteiger partial charge in [0.2, 0.25) is 0 Å². The van der Waals surface area contributed by atoms with E-state index in [-0.39, 0.29) is 5.41 Å². The molecule has 4 heteroatoms. The molecule has 3 N–H and O–H groups in total. The van der Waals surface area contributed by atoms with Crippen LogP contribution in [0, 0.1) is 22.7 Å². The van der Waals surface area contributed by atoms with Crippen LogP contribution < -0.4 is 5.73 Å². The zero-order chi connectivity index (χ0) is 21.0. The third-order valence-corrected chi connectivity index (χ3v) is 11.2. The quantitative estimate of drug-likeness (QED) is 0.452. The van der Waals surface area contributed by atoms with Gasteiger partial charge in [-0.05, 0) is 105 Å². The summed E-state index contributed by atoms with van der Waals surface area (Å²) in [4.78, 5) is 0. The molecule has 3 saturated carbocycles. The topological polar surface area (TPSA) is 59.4 Å². The van der Waals surface area contributed by atoms with Crippen molar-refractivity contribution in [3.05, 3.63) is 35.8 Å². The molecule has 4 aliphatic carbocycles. The van der Waals surface area contributed by atoms with Gasteiger partial charge in [0.1, 0.15) is 0 Å². The molecule has 0 aromatic carbocycles. The summed E-state index contributed by atoms with van der Waals surface area (Å²) in [5.41, 5.74) is 8.43. The van der Waals surface area contributed by atoms with Gasteiger partial charge in [0.05, 0.1) is 18.1 Å². The summed E-state index contributed by atoms with van der Waals surface area (Å²) < 4.78 is 5.42. The fourth-order valence-corrected chi connectivity index (χ4v) is 9.30. The van der Waals surface area contributed by atoms with E-state index in [0.717, 1.165) is 38.6 Å². The summed E-state index contributed by atoms with van der Waals surface area (Å²) in [6.45, 7) is 5.71. The van der Waals surface area contributed by atoms with Gasteiger partial charge < -0.3 is 15.3 Å². The van der Waals surface area contributed by atoms with Crippen molar-refractivity contribution in [1.82, 2.24) is 0 Å². The molecule has 2 unspecified atom stereocenters. The molecule has 0 radical (unpaired) electrons. The van der Waals surface area contributed by atoms with Gasteiger partial charge in [0.25, 0.3) is 0 Å². The highest BCUT2D eigenvalue weighted by atomic mass is 32.2. The molecule has 30 heavy (non-hydrogen) atoms. The Morgan fingerprint density at radius 2 is 2.00 bits per heavy atom. The standard InChI is InChI=1S/C26H39NO2S/c1-24-10-6-20(30-15-3-13-27)16-19(24)4-5-23-22(24)7-11-25(2)21(8-12-26(23,25)28)18-9-14-29-17-18/h9,14,16-17,20-23,28H,3-8,10-13,15,27H2,1-2H3/t20?,21?,22-,23-,24+,25-,26-/m1/s1. The molecule has 0 aliphatic heterocycles. The summed E-state index contributed by atoms with van der Waals surface area (Å²) in [7, 11) is 0. The first-order valence-corrected chi connectivity index (χ1v) is 13.2. The van der Waals surface area contributed by atoms with Crippen molar-refractivity contribution in [2.45, 2.75) is 88.4 Å². The summed E-state index contributed by atoms with van der Waals surface area (Å²) in [6.07, 6.45) is 16.8. The number of fused-ring (bicyclic) bond motifs is 5. The molecule has 4 aliphatic rings. The third-order valence-electron chi connectivity index (χ3n) is 9.88. The molecule has 0 bridgehead atoms. The zero-order valence-corrected chi connectivity index (χ0v) is 19.6. The van der Waals surface area contributed by atoms with Crippen molar-refractivity contribution in [2.24, 2.45) is 28.4 Å². The van der Waals surface area contributed by atoms with Crippen LogP contribution in [0.3, 0.4) is 0 Å². The van der Waals surface area contributed by atoms with E-state index in [1.54, 1.807) is 11.8 Å². The average molecular weight is 430 g/mol. The van der Waals surface area contributed by atoms with Gasteiger partial charge in [-0.2, -0.15) is 11.8 Å². The lowest BCUT2D eigenvalue weighted by atomic mass is 9.45. The Morgan fingerprint density at radius 3 is 2.77 bits per heavy atom. The van der Waals surface area contributed by atoms with Crippen LogP contribution in [-0.4, -0.2) is 28.3 Å². The highest BCUT2D eigenvalue weighted by Gasteiger charge is 2.66. The van der Waals surface area contributed by atoms with Gasteiger partial charge in [0.15, 0.2) is 0 Å².